The summed E-state index contributed by atoms with van der Waals surface area (Å²) in [7, 11) is -3.50. The minimum Gasteiger partial charge on any atom is -0.382 e. The molecule has 0 saturated heterocycles. The normalized spacial score (nSPS) is 21.2. The van der Waals surface area contributed by atoms with Crippen LogP contribution >= 0.6 is 0 Å². The molecule has 2 rings (SSSR count). The fourth-order valence-corrected chi connectivity index (χ4v) is 8.72. The van der Waals surface area contributed by atoms with E-state index in [1.165, 1.54) is 5.56 Å². The first-order valence-electron chi connectivity index (χ1n) is 13.5. The van der Waals surface area contributed by atoms with E-state index in [0.29, 0.717) is 24.7 Å². The van der Waals surface area contributed by atoms with Gasteiger partial charge in [0.2, 0.25) is 5.91 Å². The lowest BCUT2D eigenvalue weighted by Crippen LogP contribution is -2.64. The van der Waals surface area contributed by atoms with E-state index in [4.69, 9.17) is 8.85 Å². The van der Waals surface area contributed by atoms with Crippen molar-refractivity contribution in [3.63, 3.8) is 0 Å². The predicted molar refractivity (Wildman–Crippen MR) is 154 cm³/mol. The number of hydrogen-bond acceptors (Lipinski definition) is 4. The summed E-state index contributed by atoms with van der Waals surface area (Å²) in [5, 5.41) is 0.185. The zero-order valence-electron chi connectivity index (χ0n) is 24.0. The first kappa shape index (κ1) is 30.2. The summed E-state index contributed by atoms with van der Waals surface area (Å²) in [5.74, 6) is 0.134. The van der Waals surface area contributed by atoms with E-state index in [-0.39, 0.29) is 16.1 Å². The van der Waals surface area contributed by atoms with Crippen molar-refractivity contribution in [3.8, 4) is 0 Å². The summed E-state index contributed by atoms with van der Waals surface area (Å²) in [6, 6.07) is 10.7. The van der Waals surface area contributed by atoms with E-state index >= 15 is 0 Å². The van der Waals surface area contributed by atoms with Gasteiger partial charge in [-0.15, -0.1) is 0 Å². The van der Waals surface area contributed by atoms with E-state index < -0.39 is 24.0 Å². The van der Waals surface area contributed by atoms with Crippen molar-refractivity contribution < 1.29 is 13.6 Å². The molecule has 198 valence electrons. The van der Waals surface area contributed by atoms with Crippen LogP contribution in [-0.2, 0) is 20.1 Å². The maximum absolute atomic E-state index is 11.7. The summed E-state index contributed by atoms with van der Waals surface area (Å²) in [6.45, 7) is 24.0. The van der Waals surface area contributed by atoms with Gasteiger partial charge >= 0.3 is 0 Å². The second-order valence-electron chi connectivity index (χ2n) is 12.3. The van der Waals surface area contributed by atoms with Crippen LogP contribution in [-0.4, -0.2) is 47.8 Å². The van der Waals surface area contributed by atoms with E-state index in [1.54, 1.807) is 0 Å². The van der Waals surface area contributed by atoms with Crippen molar-refractivity contribution in [2.75, 3.05) is 6.54 Å². The van der Waals surface area contributed by atoms with Crippen molar-refractivity contribution in [2.45, 2.75) is 110 Å². The lowest BCUT2D eigenvalue weighted by molar-refractivity contribution is -0.244. The van der Waals surface area contributed by atoms with Gasteiger partial charge in [-0.3, -0.25) is 0 Å². The van der Waals surface area contributed by atoms with E-state index in [1.807, 2.05) is 0 Å². The summed E-state index contributed by atoms with van der Waals surface area (Å²) in [6.07, 6.45) is 7.47. The maximum atomic E-state index is 11.7. The van der Waals surface area contributed by atoms with Gasteiger partial charge in [0, 0.05) is 25.4 Å². The Balaban J connectivity index is 2.66. The summed E-state index contributed by atoms with van der Waals surface area (Å²) < 4.78 is 14.7. The van der Waals surface area contributed by atoms with Gasteiger partial charge in [-0.2, -0.15) is 0 Å². The largest absolute Gasteiger partial charge is 0.382 e. The molecule has 0 N–H and O–H groups in total. The van der Waals surface area contributed by atoms with Gasteiger partial charge in [0.1, 0.15) is 6.29 Å². The highest BCUT2D eigenvalue weighted by Crippen LogP contribution is 2.45. The van der Waals surface area contributed by atoms with Gasteiger partial charge in [-0.25, -0.2) is 4.90 Å². The lowest BCUT2D eigenvalue weighted by Gasteiger charge is -2.53. The fraction of sp³-hybridized carbons (Fsp3) is 0.690. The van der Waals surface area contributed by atoms with Crippen LogP contribution in [0.25, 0.3) is 0 Å². The molecule has 3 atom stereocenters. The molecule has 1 aliphatic heterocycles. The van der Waals surface area contributed by atoms with Crippen molar-refractivity contribution in [3.05, 3.63) is 48.0 Å². The summed E-state index contributed by atoms with van der Waals surface area (Å²) >= 11 is 0. The Labute approximate surface area is 218 Å². The Kier molecular flexibility index (Phi) is 10.7. The molecule has 4 nitrogen and oxygen atoms in total. The maximum Gasteiger partial charge on any atom is 0.215 e. The highest BCUT2D eigenvalue weighted by Gasteiger charge is 2.49. The number of carbonyl (C=O) groups excluding carboxylic acids is 1. The zero-order chi connectivity index (χ0) is 26.4. The molecule has 0 radical (unpaired) electrons. The topological polar surface area (TPSA) is 38.8 Å². The quantitative estimate of drug-likeness (QED) is 0.126. The number of benzene rings is 1. The Bertz CT molecular complexity index is 794. The van der Waals surface area contributed by atoms with Gasteiger partial charge in [0.15, 0.2) is 18.1 Å². The Morgan fingerprint density at radius 3 is 1.91 bits per heavy atom. The van der Waals surface area contributed by atoms with Gasteiger partial charge in [-0.1, -0.05) is 97.9 Å². The van der Waals surface area contributed by atoms with Gasteiger partial charge in [0.25, 0.3) is 0 Å². The number of nitrogens with zero attached hydrogens (tertiary/aromatic N) is 1. The minimum absolute atomic E-state index is 0.0768. The monoisotopic (exact) mass is 517 g/mol. The summed E-state index contributed by atoms with van der Waals surface area (Å²) in [4.78, 5) is 14.1. The van der Waals surface area contributed by atoms with Crippen LogP contribution in [0.1, 0.15) is 73.8 Å². The molecule has 35 heavy (non-hydrogen) atoms. The molecule has 6 heteroatoms. The number of aldehydes is 1. The first-order valence-corrected chi connectivity index (χ1v) is 17.9. The smallest absolute Gasteiger partial charge is 0.215 e. The number of hydrogen-bond donors (Lipinski definition) is 0. The molecule has 0 aromatic heterocycles. The van der Waals surface area contributed by atoms with Crippen molar-refractivity contribution >= 4 is 24.4 Å². The second kappa shape index (κ2) is 12.5. The summed E-state index contributed by atoms with van der Waals surface area (Å²) in [5.41, 5.74) is 1.21. The predicted octanol–water partition coefficient (Wildman–Crippen LogP) is 6.72. The van der Waals surface area contributed by atoms with E-state index in [9.17, 15) is 4.79 Å². The zero-order valence-corrected chi connectivity index (χ0v) is 26.3. The van der Waals surface area contributed by atoms with Crippen LogP contribution in [0.15, 0.2) is 42.5 Å². The van der Waals surface area contributed by atoms with Crippen LogP contribution in [0.5, 0.6) is 0 Å². The molecule has 0 fully saturated rings. The van der Waals surface area contributed by atoms with Gasteiger partial charge in [0.05, 0.1) is 0 Å². The lowest BCUT2D eigenvalue weighted by atomic mass is 9.99. The molecule has 0 bridgehead atoms. The van der Waals surface area contributed by atoms with Crippen molar-refractivity contribution in [1.82, 2.24) is 4.90 Å². The molecular formula is C29H51NO3Si2. The Morgan fingerprint density at radius 1 is 0.943 bits per heavy atom. The SMILES string of the molecule is CC(C)C(C)(C)[SiH](C)OC(Cc1ccccc1)(O[SiH](C)C(C)(C)C(C)C)N1CC=CCC1CC=O. The van der Waals surface area contributed by atoms with E-state index in [2.05, 4.69) is 116 Å². The average molecular weight is 518 g/mol. The third kappa shape index (κ3) is 7.25. The van der Waals surface area contributed by atoms with E-state index in [0.717, 1.165) is 19.3 Å². The highest BCUT2D eigenvalue weighted by atomic mass is 28.3. The molecule has 0 saturated carbocycles. The third-order valence-corrected chi connectivity index (χ3v) is 16.2. The second-order valence-corrected chi connectivity index (χ2v) is 18.3. The Morgan fingerprint density at radius 2 is 1.46 bits per heavy atom. The fourth-order valence-electron chi connectivity index (χ4n) is 4.47. The number of carbonyl (C=O) groups is 1. The molecule has 0 aliphatic carbocycles. The van der Waals surface area contributed by atoms with Crippen LogP contribution in [0.4, 0.5) is 0 Å². The van der Waals surface area contributed by atoms with Crippen molar-refractivity contribution in [1.29, 1.82) is 0 Å². The van der Waals surface area contributed by atoms with Crippen LogP contribution in [0.2, 0.25) is 23.2 Å². The average Bonchev–Trinajstić information content (AvgIpc) is 2.79. The standard InChI is InChI=1S/C29H51NO3Si2/c1-23(2)27(5,6)34(9)32-29(22-25-16-12-11-13-17-25,33-35(10)28(7,8)24(3)4)30-20-15-14-18-26(30)19-21-31/h11-17,21,23-24,26,34-35H,18-20,22H2,1-10H3. The van der Waals surface area contributed by atoms with Crippen LogP contribution in [0, 0.1) is 11.8 Å². The van der Waals surface area contributed by atoms with Gasteiger partial charge in [-0.05, 0) is 47.0 Å². The molecule has 1 aromatic carbocycles. The molecular weight excluding hydrogens is 466 g/mol. The first-order chi connectivity index (χ1) is 16.3. The number of rotatable bonds is 13. The molecule has 3 unspecified atom stereocenters. The van der Waals surface area contributed by atoms with Crippen LogP contribution in [0.3, 0.4) is 0 Å². The molecule has 1 heterocycles. The molecule has 0 amide bonds. The molecule has 1 aliphatic rings. The highest BCUT2D eigenvalue weighted by molar-refractivity contribution is 6.55. The van der Waals surface area contributed by atoms with Crippen molar-refractivity contribution in [2.24, 2.45) is 11.8 Å². The minimum atomic E-state index is -1.75. The molecule has 1 aromatic rings. The molecule has 0 spiro atoms. The van der Waals surface area contributed by atoms with Gasteiger partial charge < -0.3 is 13.6 Å². The van der Waals surface area contributed by atoms with Crippen LogP contribution < -0.4 is 0 Å². The Hall–Kier alpha value is -1.06. The third-order valence-electron chi connectivity index (χ3n) is 9.19.